The number of rotatable bonds is 8. The van der Waals surface area contributed by atoms with Crippen LogP contribution in [0.5, 0.6) is 0 Å². The predicted molar refractivity (Wildman–Crippen MR) is 96.5 cm³/mol. The summed E-state index contributed by atoms with van der Waals surface area (Å²) in [5, 5.41) is 15.4. The first-order valence-corrected chi connectivity index (χ1v) is 9.30. The molecule has 1 aromatic carbocycles. The van der Waals surface area contributed by atoms with Gasteiger partial charge in [0.1, 0.15) is 0 Å². The van der Waals surface area contributed by atoms with E-state index in [9.17, 15) is 4.79 Å². The SMILES string of the molecule is CCC[C@@H](C)NC(=O)CSc1nnnn1-c1ccc(C(C)C)cc1. The fourth-order valence-electron chi connectivity index (χ4n) is 2.38. The second kappa shape index (κ2) is 8.82. The van der Waals surface area contributed by atoms with Gasteiger partial charge in [-0.2, -0.15) is 4.68 Å². The molecule has 0 saturated heterocycles. The molecule has 0 spiro atoms. The predicted octanol–water partition coefficient (Wildman–Crippen LogP) is 3.18. The van der Waals surface area contributed by atoms with Crippen LogP contribution in [-0.2, 0) is 4.79 Å². The normalized spacial score (nSPS) is 12.4. The number of tetrazole rings is 1. The van der Waals surface area contributed by atoms with Crippen molar-refractivity contribution in [1.29, 1.82) is 0 Å². The summed E-state index contributed by atoms with van der Waals surface area (Å²) in [5.74, 6) is 0.791. The number of aromatic nitrogens is 4. The Labute approximate surface area is 147 Å². The van der Waals surface area contributed by atoms with Gasteiger partial charge in [-0.1, -0.05) is 51.1 Å². The van der Waals surface area contributed by atoms with Crippen LogP contribution in [0.4, 0.5) is 0 Å². The number of nitrogens with zero attached hydrogens (tertiary/aromatic N) is 4. The second-order valence-corrected chi connectivity index (χ2v) is 7.11. The van der Waals surface area contributed by atoms with Gasteiger partial charge in [0.15, 0.2) is 0 Å². The van der Waals surface area contributed by atoms with Gasteiger partial charge in [-0.05, 0) is 47.4 Å². The van der Waals surface area contributed by atoms with Gasteiger partial charge in [-0.15, -0.1) is 5.10 Å². The van der Waals surface area contributed by atoms with Crippen LogP contribution >= 0.6 is 11.8 Å². The average molecular weight is 347 g/mol. The Morgan fingerprint density at radius 2 is 1.96 bits per heavy atom. The lowest BCUT2D eigenvalue weighted by Crippen LogP contribution is -2.33. The van der Waals surface area contributed by atoms with E-state index in [2.05, 4.69) is 53.7 Å². The fourth-order valence-corrected chi connectivity index (χ4v) is 3.09. The highest BCUT2D eigenvalue weighted by atomic mass is 32.2. The maximum atomic E-state index is 12.0. The van der Waals surface area contributed by atoms with Crippen molar-refractivity contribution in [3.05, 3.63) is 29.8 Å². The molecule has 1 heterocycles. The summed E-state index contributed by atoms with van der Waals surface area (Å²) >= 11 is 1.34. The molecule has 0 aliphatic carbocycles. The van der Waals surface area contributed by atoms with Crippen molar-refractivity contribution in [1.82, 2.24) is 25.5 Å². The van der Waals surface area contributed by atoms with Crippen molar-refractivity contribution < 1.29 is 4.79 Å². The minimum atomic E-state index is 0.00524. The van der Waals surface area contributed by atoms with Crippen LogP contribution in [0.1, 0.15) is 52.0 Å². The third kappa shape index (κ3) is 5.06. The number of hydrogen-bond donors (Lipinski definition) is 1. The fraction of sp³-hybridized carbons (Fsp3) is 0.529. The van der Waals surface area contributed by atoms with Crippen molar-refractivity contribution in [3.8, 4) is 5.69 Å². The number of carbonyl (C=O) groups is 1. The van der Waals surface area contributed by atoms with Crippen molar-refractivity contribution >= 4 is 17.7 Å². The molecule has 0 fully saturated rings. The minimum absolute atomic E-state index is 0.00524. The maximum Gasteiger partial charge on any atom is 0.230 e. The van der Waals surface area contributed by atoms with Gasteiger partial charge < -0.3 is 5.32 Å². The number of benzene rings is 1. The summed E-state index contributed by atoms with van der Waals surface area (Å²) < 4.78 is 1.66. The van der Waals surface area contributed by atoms with Crippen LogP contribution < -0.4 is 5.32 Å². The molecule has 7 heteroatoms. The molecular formula is C17H25N5OS. The third-order valence-electron chi connectivity index (χ3n) is 3.71. The topological polar surface area (TPSA) is 72.7 Å². The summed E-state index contributed by atoms with van der Waals surface area (Å²) in [4.78, 5) is 12.0. The minimum Gasteiger partial charge on any atom is -0.353 e. The summed E-state index contributed by atoms with van der Waals surface area (Å²) in [5.41, 5.74) is 2.16. The molecule has 24 heavy (non-hydrogen) atoms. The zero-order chi connectivity index (χ0) is 17.5. The Bertz CT molecular complexity index is 653. The zero-order valence-electron chi connectivity index (χ0n) is 14.7. The quantitative estimate of drug-likeness (QED) is 0.743. The van der Waals surface area contributed by atoms with Crippen LogP contribution in [0.15, 0.2) is 29.4 Å². The largest absolute Gasteiger partial charge is 0.353 e. The Hall–Kier alpha value is -1.89. The molecule has 0 radical (unpaired) electrons. The molecule has 1 amide bonds. The van der Waals surface area contributed by atoms with Crippen LogP contribution in [0.2, 0.25) is 0 Å². The summed E-state index contributed by atoms with van der Waals surface area (Å²) in [6, 6.07) is 8.35. The van der Waals surface area contributed by atoms with E-state index in [4.69, 9.17) is 0 Å². The molecule has 0 bridgehead atoms. The van der Waals surface area contributed by atoms with Gasteiger partial charge >= 0.3 is 0 Å². The molecule has 0 saturated carbocycles. The molecule has 0 aliphatic rings. The van der Waals surface area contributed by atoms with Crippen molar-refractivity contribution in [2.75, 3.05) is 5.75 Å². The van der Waals surface area contributed by atoms with E-state index < -0.39 is 0 Å². The van der Waals surface area contributed by atoms with E-state index in [1.54, 1.807) is 4.68 Å². The maximum absolute atomic E-state index is 12.0. The number of nitrogens with one attached hydrogen (secondary N) is 1. The smallest absolute Gasteiger partial charge is 0.230 e. The van der Waals surface area contributed by atoms with E-state index in [1.807, 2.05) is 19.1 Å². The highest BCUT2D eigenvalue weighted by Crippen LogP contribution is 2.20. The Balaban J connectivity index is 1.99. The van der Waals surface area contributed by atoms with E-state index in [-0.39, 0.29) is 11.9 Å². The number of amides is 1. The van der Waals surface area contributed by atoms with E-state index >= 15 is 0 Å². The number of carbonyl (C=O) groups excluding carboxylic acids is 1. The van der Waals surface area contributed by atoms with E-state index in [1.165, 1.54) is 17.3 Å². The molecule has 2 aromatic rings. The van der Waals surface area contributed by atoms with Crippen molar-refractivity contribution in [2.45, 2.75) is 57.7 Å². The lowest BCUT2D eigenvalue weighted by molar-refractivity contribution is -0.119. The van der Waals surface area contributed by atoms with Crippen LogP contribution in [-0.4, -0.2) is 37.9 Å². The zero-order valence-corrected chi connectivity index (χ0v) is 15.5. The molecular weight excluding hydrogens is 322 g/mol. The highest BCUT2D eigenvalue weighted by Gasteiger charge is 2.13. The first-order chi connectivity index (χ1) is 11.5. The van der Waals surface area contributed by atoms with Gasteiger partial charge in [0.2, 0.25) is 11.1 Å². The van der Waals surface area contributed by atoms with Gasteiger partial charge in [-0.25, -0.2) is 0 Å². The lowest BCUT2D eigenvalue weighted by atomic mass is 10.0. The first kappa shape index (κ1) is 18.4. The summed E-state index contributed by atoms with van der Waals surface area (Å²) in [6.45, 7) is 8.44. The van der Waals surface area contributed by atoms with Crippen LogP contribution in [0, 0.1) is 0 Å². The van der Waals surface area contributed by atoms with Crippen LogP contribution in [0.3, 0.4) is 0 Å². The van der Waals surface area contributed by atoms with Crippen LogP contribution in [0.25, 0.3) is 5.69 Å². The molecule has 130 valence electrons. The van der Waals surface area contributed by atoms with Crippen molar-refractivity contribution in [3.63, 3.8) is 0 Å². The van der Waals surface area contributed by atoms with Gasteiger partial charge in [0.25, 0.3) is 0 Å². The molecule has 1 atom stereocenters. The Kier molecular flexibility index (Phi) is 6.78. The molecule has 2 rings (SSSR count). The molecule has 6 nitrogen and oxygen atoms in total. The van der Waals surface area contributed by atoms with E-state index in [0.717, 1.165) is 18.5 Å². The highest BCUT2D eigenvalue weighted by molar-refractivity contribution is 7.99. The number of thioether (sulfide) groups is 1. The molecule has 1 aromatic heterocycles. The Morgan fingerprint density at radius 1 is 1.25 bits per heavy atom. The monoisotopic (exact) mass is 347 g/mol. The summed E-state index contributed by atoms with van der Waals surface area (Å²) in [7, 11) is 0. The van der Waals surface area contributed by atoms with Gasteiger partial charge in [0, 0.05) is 6.04 Å². The molecule has 0 aliphatic heterocycles. The lowest BCUT2D eigenvalue weighted by Gasteiger charge is -2.12. The van der Waals surface area contributed by atoms with Gasteiger partial charge in [-0.3, -0.25) is 4.79 Å². The summed E-state index contributed by atoms with van der Waals surface area (Å²) in [6.07, 6.45) is 2.04. The van der Waals surface area contributed by atoms with Gasteiger partial charge in [0.05, 0.1) is 11.4 Å². The Morgan fingerprint density at radius 3 is 2.58 bits per heavy atom. The second-order valence-electron chi connectivity index (χ2n) is 6.17. The average Bonchev–Trinajstić information content (AvgIpc) is 3.01. The third-order valence-corrected chi connectivity index (χ3v) is 4.63. The van der Waals surface area contributed by atoms with Crippen molar-refractivity contribution in [2.24, 2.45) is 0 Å². The molecule has 1 N–H and O–H groups in total. The standard InChI is InChI=1S/C17H25N5OS/c1-5-6-13(4)18-16(23)11-24-17-19-20-21-22(17)15-9-7-14(8-10-15)12(2)3/h7-10,12-13H,5-6,11H2,1-4H3,(H,18,23)/t13-/m1/s1. The number of hydrogen-bond acceptors (Lipinski definition) is 5. The molecule has 0 unspecified atom stereocenters. The van der Waals surface area contributed by atoms with E-state index in [0.29, 0.717) is 16.8 Å². The first-order valence-electron chi connectivity index (χ1n) is 8.32.